The van der Waals surface area contributed by atoms with Crippen molar-refractivity contribution in [1.29, 1.82) is 0 Å². The quantitative estimate of drug-likeness (QED) is 0.615. The van der Waals surface area contributed by atoms with Crippen LogP contribution in [0.2, 0.25) is 0 Å². The van der Waals surface area contributed by atoms with E-state index in [4.69, 9.17) is 4.74 Å². The van der Waals surface area contributed by atoms with Gasteiger partial charge in [0.1, 0.15) is 10.8 Å². The molecule has 0 fully saturated rings. The zero-order chi connectivity index (χ0) is 19.1. The Morgan fingerprint density at radius 1 is 1.07 bits per heavy atom. The maximum atomic E-state index is 12.5. The van der Waals surface area contributed by atoms with Crippen molar-refractivity contribution >= 4 is 22.4 Å². The van der Waals surface area contributed by atoms with Gasteiger partial charge >= 0.3 is 0 Å². The van der Waals surface area contributed by atoms with Crippen LogP contribution in [0.1, 0.15) is 36.8 Å². The summed E-state index contributed by atoms with van der Waals surface area (Å²) in [5.74, 6) is 0.807. The van der Waals surface area contributed by atoms with Crippen LogP contribution >= 0.6 is 11.3 Å². The van der Waals surface area contributed by atoms with E-state index in [1.54, 1.807) is 0 Å². The topological polar surface area (TPSA) is 64.1 Å². The normalized spacial score (nSPS) is 13.0. The lowest BCUT2D eigenvalue weighted by Crippen LogP contribution is -2.32. The number of ether oxygens (including phenoxy) is 1. The van der Waals surface area contributed by atoms with Gasteiger partial charge in [-0.15, -0.1) is 10.2 Å². The fraction of sp³-hybridized carbons (Fsp3) is 0.286. The fourth-order valence-electron chi connectivity index (χ4n) is 2.72. The number of nitrogens with zero attached hydrogens (tertiary/aromatic N) is 2. The van der Waals surface area contributed by atoms with Gasteiger partial charge < -0.3 is 4.74 Å². The van der Waals surface area contributed by atoms with Crippen molar-refractivity contribution in [3.63, 3.8) is 0 Å². The highest BCUT2D eigenvalue weighted by atomic mass is 32.1. The summed E-state index contributed by atoms with van der Waals surface area (Å²) in [6.45, 7) is 4.08. The second kappa shape index (κ2) is 9.28. The van der Waals surface area contributed by atoms with Crippen LogP contribution in [0, 0.1) is 0 Å². The van der Waals surface area contributed by atoms with E-state index in [9.17, 15) is 4.79 Å². The Balaban J connectivity index is 1.58. The summed E-state index contributed by atoms with van der Waals surface area (Å²) in [5, 5.41) is 12.6. The summed E-state index contributed by atoms with van der Waals surface area (Å²) >= 11 is 1.41. The van der Waals surface area contributed by atoms with E-state index in [1.807, 2.05) is 55.5 Å². The number of benzene rings is 2. The number of anilines is 1. The molecule has 0 aliphatic carbocycles. The number of hydrogen-bond acceptors (Lipinski definition) is 5. The molecule has 3 aromatic rings. The molecule has 0 saturated carbocycles. The minimum atomic E-state index is -0.567. The Morgan fingerprint density at radius 2 is 1.74 bits per heavy atom. The molecular weight excluding hydrogens is 358 g/mol. The van der Waals surface area contributed by atoms with Crippen LogP contribution in [0.4, 0.5) is 5.13 Å². The smallest absolute Gasteiger partial charge is 0.267 e. The first-order valence-corrected chi connectivity index (χ1v) is 9.87. The maximum Gasteiger partial charge on any atom is 0.267 e. The van der Waals surface area contributed by atoms with E-state index in [2.05, 4.69) is 34.6 Å². The van der Waals surface area contributed by atoms with Gasteiger partial charge in [-0.2, -0.15) is 0 Å². The monoisotopic (exact) mass is 381 g/mol. The van der Waals surface area contributed by atoms with Crippen molar-refractivity contribution in [1.82, 2.24) is 10.2 Å². The lowest BCUT2D eigenvalue weighted by Gasteiger charge is -2.16. The molecule has 0 saturated heterocycles. The fourth-order valence-corrected chi connectivity index (χ4v) is 3.59. The van der Waals surface area contributed by atoms with Gasteiger partial charge in [0.2, 0.25) is 5.13 Å². The van der Waals surface area contributed by atoms with Crippen LogP contribution in [-0.4, -0.2) is 22.2 Å². The number of para-hydroxylation sites is 1. The van der Waals surface area contributed by atoms with Gasteiger partial charge in [-0.3, -0.25) is 10.1 Å². The molecule has 0 aliphatic heterocycles. The van der Waals surface area contributed by atoms with Crippen molar-refractivity contribution in [2.75, 3.05) is 5.32 Å². The van der Waals surface area contributed by atoms with E-state index in [1.165, 1.54) is 16.9 Å². The van der Waals surface area contributed by atoms with Crippen molar-refractivity contribution in [2.24, 2.45) is 0 Å². The molecule has 1 N–H and O–H groups in total. The molecule has 27 heavy (non-hydrogen) atoms. The SMILES string of the molecule is CCC(Oc1ccccc1)C(=O)Nc1nnc(CC(C)c2ccccc2)s1. The number of hydrogen-bond donors (Lipinski definition) is 1. The standard InChI is InChI=1S/C21H23N3O2S/c1-3-18(26-17-12-8-5-9-13-17)20(25)22-21-24-23-19(27-21)14-15(2)16-10-6-4-7-11-16/h4-13,15,18H,3,14H2,1-2H3,(H,22,24,25). The highest BCUT2D eigenvalue weighted by molar-refractivity contribution is 7.15. The van der Waals surface area contributed by atoms with Crippen molar-refractivity contribution in [3.05, 3.63) is 71.2 Å². The van der Waals surface area contributed by atoms with Gasteiger partial charge in [-0.1, -0.05) is 73.7 Å². The molecule has 0 spiro atoms. The van der Waals surface area contributed by atoms with E-state index >= 15 is 0 Å². The molecule has 0 radical (unpaired) electrons. The lowest BCUT2D eigenvalue weighted by atomic mass is 9.98. The Morgan fingerprint density at radius 3 is 2.41 bits per heavy atom. The third kappa shape index (κ3) is 5.37. The molecule has 0 aliphatic rings. The zero-order valence-corrected chi connectivity index (χ0v) is 16.3. The van der Waals surface area contributed by atoms with Crippen LogP contribution < -0.4 is 10.1 Å². The summed E-state index contributed by atoms with van der Waals surface area (Å²) in [6, 6.07) is 19.7. The van der Waals surface area contributed by atoms with Gasteiger partial charge in [0.05, 0.1) is 0 Å². The number of carbonyl (C=O) groups excluding carboxylic acids is 1. The molecule has 6 heteroatoms. The molecule has 0 bridgehead atoms. The molecule has 1 aromatic heterocycles. The first-order chi connectivity index (χ1) is 13.2. The van der Waals surface area contributed by atoms with Crippen LogP contribution in [0.5, 0.6) is 5.75 Å². The Labute approximate surface area is 163 Å². The second-order valence-corrected chi connectivity index (χ2v) is 7.40. The highest BCUT2D eigenvalue weighted by Crippen LogP contribution is 2.24. The van der Waals surface area contributed by atoms with Crippen molar-refractivity contribution in [2.45, 2.75) is 38.7 Å². The van der Waals surface area contributed by atoms with Gasteiger partial charge in [0, 0.05) is 6.42 Å². The summed E-state index contributed by atoms with van der Waals surface area (Å²) in [6.07, 6.45) is 0.787. The molecule has 2 atom stereocenters. The second-order valence-electron chi connectivity index (χ2n) is 6.33. The summed E-state index contributed by atoms with van der Waals surface area (Å²) < 4.78 is 5.77. The predicted molar refractivity (Wildman–Crippen MR) is 108 cm³/mol. The van der Waals surface area contributed by atoms with Crippen LogP contribution in [0.3, 0.4) is 0 Å². The molecule has 2 unspecified atom stereocenters. The molecule has 3 rings (SSSR count). The first-order valence-electron chi connectivity index (χ1n) is 9.05. The lowest BCUT2D eigenvalue weighted by molar-refractivity contribution is -0.122. The molecule has 2 aromatic carbocycles. The van der Waals surface area contributed by atoms with E-state index in [0.29, 0.717) is 23.2 Å². The predicted octanol–water partition coefficient (Wildman–Crippen LogP) is 4.68. The Hall–Kier alpha value is -2.73. The Kier molecular flexibility index (Phi) is 6.54. The Bertz CT molecular complexity index is 852. The first kappa shape index (κ1) is 19.0. The van der Waals surface area contributed by atoms with Gasteiger partial charge in [-0.05, 0) is 30.0 Å². The van der Waals surface area contributed by atoms with Crippen molar-refractivity contribution < 1.29 is 9.53 Å². The largest absolute Gasteiger partial charge is 0.481 e. The average molecular weight is 382 g/mol. The van der Waals surface area contributed by atoms with E-state index in [0.717, 1.165) is 11.4 Å². The summed E-state index contributed by atoms with van der Waals surface area (Å²) in [7, 11) is 0. The average Bonchev–Trinajstić information content (AvgIpc) is 3.14. The number of aromatic nitrogens is 2. The highest BCUT2D eigenvalue weighted by Gasteiger charge is 2.20. The third-order valence-corrected chi connectivity index (χ3v) is 5.09. The van der Waals surface area contributed by atoms with Gasteiger partial charge in [-0.25, -0.2) is 0 Å². The van der Waals surface area contributed by atoms with E-state index in [-0.39, 0.29) is 5.91 Å². The summed E-state index contributed by atoms with van der Waals surface area (Å²) in [5.41, 5.74) is 1.26. The van der Waals surface area contributed by atoms with Gasteiger partial charge in [0.15, 0.2) is 6.10 Å². The molecule has 1 amide bonds. The number of rotatable bonds is 8. The van der Waals surface area contributed by atoms with Crippen LogP contribution in [0.15, 0.2) is 60.7 Å². The number of amides is 1. The maximum absolute atomic E-state index is 12.5. The van der Waals surface area contributed by atoms with Crippen LogP contribution in [-0.2, 0) is 11.2 Å². The molecular formula is C21H23N3O2S. The van der Waals surface area contributed by atoms with Gasteiger partial charge in [0.25, 0.3) is 5.91 Å². The van der Waals surface area contributed by atoms with Crippen LogP contribution in [0.25, 0.3) is 0 Å². The molecule has 5 nitrogen and oxygen atoms in total. The minimum Gasteiger partial charge on any atom is -0.481 e. The zero-order valence-electron chi connectivity index (χ0n) is 15.5. The summed E-state index contributed by atoms with van der Waals surface area (Å²) in [4.78, 5) is 12.5. The van der Waals surface area contributed by atoms with E-state index < -0.39 is 6.10 Å². The minimum absolute atomic E-state index is 0.208. The van der Waals surface area contributed by atoms with Crippen molar-refractivity contribution in [3.8, 4) is 5.75 Å². The molecule has 1 heterocycles. The number of nitrogens with one attached hydrogen (secondary N) is 1. The molecule has 140 valence electrons. The number of carbonyl (C=O) groups is 1. The third-order valence-electron chi connectivity index (χ3n) is 4.23.